The molecule has 2 aromatic carbocycles. The molecular weight excluding hydrogens is 399 g/mol. The Morgan fingerprint density at radius 2 is 2.03 bits per heavy atom. The van der Waals surface area contributed by atoms with E-state index in [1.165, 1.54) is 17.7 Å². The summed E-state index contributed by atoms with van der Waals surface area (Å²) in [6.07, 6.45) is 1.66. The van der Waals surface area contributed by atoms with Crippen LogP contribution >= 0.6 is 11.6 Å². The number of carbonyl (C=O) groups is 1. The summed E-state index contributed by atoms with van der Waals surface area (Å²) in [5, 5.41) is 14.2. The first kappa shape index (κ1) is 18.8. The summed E-state index contributed by atoms with van der Waals surface area (Å²) in [5.74, 6) is -1.38. The fourth-order valence-electron chi connectivity index (χ4n) is 2.54. The van der Waals surface area contributed by atoms with E-state index in [9.17, 15) is 9.18 Å². The van der Waals surface area contributed by atoms with Gasteiger partial charge in [-0.3, -0.25) is 4.79 Å². The molecule has 0 saturated heterocycles. The van der Waals surface area contributed by atoms with Crippen LogP contribution < -0.4 is 5.32 Å². The highest BCUT2D eigenvalue weighted by Crippen LogP contribution is 2.20. The summed E-state index contributed by atoms with van der Waals surface area (Å²) < 4.78 is 19.8. The molecule has 0 atom stereocenters. The Labute approximate surface area is 169 Å². The highest BCUT2D eigenvalue weighted by molar-refractivity contribution is 6.31. The van der Waals surface area contributed by atoms with Gasteiger partial charge < -0.3 is 9.84 Å². The zero-order chi connectivity index (χ0) is 20.4. The lowest BCUT2D eigenvalue weighted by Crippen LogP contribution is -2.12. The number of rotatable bonds is 5. The highest BCUT2D eigenvalue weighted by atomic mass is 35.5. The van der Waals surface area contributed by atoms with E-state index < -0.39 is 11.7 Å². The van der Waals surface area contributed by atoms with Gasteiger partial charge in [-0.25, -0.2) is 9.07 Å². The van der Waals surface area contributed by atoms with Crippen LogP contribution in [0.25, 0.3) is 11.5 Å². The fourth-order valence-corrected chi connectivity index (χ4v) is 2.72. The molecule has 0 bridgehead atoms. The predicted molar refractivity (Wildman–Crippen MR) is 103 cm³/mol. The molecule has 2 heterocycles. The Morgan fingerprint density at radius 3 is 2.79 bits per heavy atom. The monoisotopic (exact) mass is 412 g/mol. The van der Waals surface area contributed by atoms with Crippen LogP contribution in [0.1, 0.15) is 21.8 Å². The van der Waals surface area contributed by atoms with Gasteiger partial charge in [-0.15, -0.1) is 5.10 Å². The van der Waals surface area contributed by atoms with Crippen LogP contribution in [0.3, 0.4) is 0 Å². The predicted octanol–water partition coefficient (Wildman–Crippen LogP) is 3.73. The molecule has 1 N–H and O–H groups in total. The van der Waals surface area contributed by atoms with Gasteiger partial charge >= 0.3 is 11.8 Å². The van der Waals surface area contributed by atoms with Crippen LogP contribution in [0.15, 0.2) is 53.2 Å². The van der Waals surface area contributed by atoms with Crippen molar-refractivity contribution in [2.45, 2.75) is 13.5 Å². The number of aromatic nitrogens is 5. The van der Waals surface area contributed by atoms with Crippen LogP contribution in [0.2, 0.25) is 5.02 Å². The molecule has 29 heavy (non-hydrogen) atoms. The van der Waals surface area contributed by atoms with E-state index in [-0.39, 0.29) is 16.7 Å². The van der Waals surface area contributed by atoms with Crippen LogP contribution in [0.5, 0.6) is 0 Å². The molecule has 0 aliphatic carbocycles. The molecule has 4 aromatic rings. The number of benzene rings is 2. The first-order chi connectivity index (χ1) is 14.0. The van der Waals surface area contributed by atoms with Crippen molar-refractivity contribution in [3.8, 4) is 11.5 Å². The lowest BCUT2D eigenvalue weighted by Gasteiger charge is -2.02. The Balaban J connectivity index is 1.46. The SMILES string of the molecule is Cc1ccc(Cn2cc(-c3noc(C(=O)Nc4ccc(F)c(Cl)c4)n3)nn2)cc1. The maximum atomic E-state index is 13.2. The second kappa shape index (κ2) is 7.80. The molecule has 0 aliphatic heterocycles. The van der Waals surface area contributed by atoms with Crippen molar-refractivity contribution in [3.05, 3.63) is 76.5 Å². The van der Waals surface area contributed by atoms with Gasteiger partial charge in [-0.2, -0.15) is 4.98 Å². The van der Waals surface area contributed by atoms with Gasteiger partial charge in [0, 0.05) is 5.69 Å². The number of halogens is 2. The minimum absolute atomic E-state index is 0.112. The summed E-state index contributed by atoms with van der Waals surface area (Å²) in [5.41, 5.74) is 2.90. The van der Waals surface area contributed by atoms with Crippen molar-refractivity contribution in [2.24, 2.45) is 0 Å². The van der Waals surface area contributed by atoms with Crippen molar-refractivity contribution >= 4 is 23.2 Å². The highest BCUT2D eigenvalue weighted by Gasteiger charge is 2.18. The van der Waals surface area contributed by atoms with Crippen LogP contribution in [-0.4, -0.2) is 31.0 Å². The van der Waals surface area contributed by atoms with Crippen molar-refractivity contribution in [1.82, 2.24) is 25.1 Å². The Kier molecular flexibility index (Phi) is 5.05. The van der Waals surface area contributed by atoms with E-state index in [4.69, 9.17) is 16.1 Å². The van der Waals surface area contributed by atoms with Gasteiger partial charge in [-0.1, -0.05) is 51.8 Å². The molecule has 1 amide bonds. The molecule has 0 aliphatic rings. The first-order valence-electron chi connectivity index (χ1n) is 8.54. The molecule has 8 nitrogen and oxygen atoms in total. The van der Waals surface area contributed by atoms with Crippen molar-refractivity contribution in [1.29, 1.82) is 0 Å². The van der Waals surface area contributed by atoms with E-state index in [1.54, 1.807) is 10.9 Å². The number of nitrogens with zero attached hydrogens (tertiary/aromatic N) is 5. The lowest BCUT2D eigenvalue weighted by atomic mass is 10.1. The van der Waals surface area contributed by atoms with Crippen molar-refractivity contribution in [2.75, 3.05) is 5.32 Å². The molecule has 10 heteroatoms. The van der Waals surface area contributed by atoms with Gasteiger partial charge in [-0.05, 0) is 30.7 Å². The van der Waals surface area contributed by atoms with Crippen LogP contribution in [0.4, 0.5) is 10.1 Å². The Morgan fingerprint density at radius 1 is 1.24 bits per heavy atom. The normalized spacial score (nSPS) is 10.9. The minimum Gasteiger partial charge on any atom is -0.328 e. The second-order valence-electron chi connectivity index (χ2n) is 6.29. The first-order valence-corrected chi connectivity index (χ1v) is 8.92. The number of aryl methyl sites for hydroxylation is 1. The zero-order valence-corrected chi connectivity index (χ0v) is 15.9. The fraction of sp³-hybridized carbons (Fsp3) is 0.105. The topological polar surface area (TPSA) is 98.7 Å². The largest absolute Gasteiger partial charge is 0.328 e. The van der Waals surface area contributed by atoms with Gasteiger partial charge in [0.2, 0.25) is 5.82 Å². The summed E-state index contributed by atoms with van der Waals surface area (Å²) in [7, 11) is 0. The minimum atomic E-state index is -0.654. The molecular formula is C19H14ClFN6O2. The Bertz CT molecular complexity index is 1170. The molecule has 0 saturated carbocycles. The summed E-state index contributed by atoms with van der Waals surface area (Å²) in [4.78, 5) is 16.3. The van der Waals surface area contributed by atoms with E-state index in [0.29, 0.717) is 17.9 Å². The third-order valence-corrected chi connectivity index (χ3v) is 4.32. The number of carbonyl (C=O) groups excluding carboxylic acids is 1. The molecule has 0 fully saturated rings. The quantitative estimate of drug-likeness (QED) is 0.536. The average Bonchev–Trinajstić information content (AvgIpc) is 3.36. The molecule has 4 rings (SSSR count). The number of hydrogen-bond acceptors (Lipinski definition) is 6. The number of anilines is 1. The zero-order valence-electron chi connectivity index (χ0n) is 15.1. The number of amides is 1. The van der Waals surface area contributed by atoms with E-state index >= 15 is 0 Å². The molecule has 146 valence electrons. The van der Waals surface area contributed by atoms with Gasteiger partial charge in [0.15, 0.2) is 5.69 Å². The van der Waals surface area contributed by atoms with Crippen LogP contribution in [0, 0.1) is 12.7 Å². The second-order valence-corrected chi connectivity index (χ2v) is 6.70. The van der Waals surface area contributed by atoms with E-state index in [2.05, 4.69) is 25.8 Å². The maximum absolute atomic E-state index is 13.2. The van der Waals surface area contributed by atoms with Crippen LogP contribution in [-0.2, 0) is 6.54 Å². The number of nitrogens with one attached hydrogen (secondary N) is 1. The van der Waals surface area contributed by atoms with E-state index in [1.807, 2.05) is 31.2 Å². The number of hydrogen-bond donors (Lipinski definition) is 1. The van der Waals surface area contributed by atoms with Gasteiger partial charge in [0.25, 0.3) is 0 Å². The summed E-state index contributed by atoms with van der Waals surface area (Å²) >= 11 is 5.70. The van der Waals surface area contributed by atoms with Gasteiger partial charge in [0.1, 0.15) is 5.82 Å². The smallest absolute Gasteiger partial charge is 0.316 e. The van der Waals surface area contributed by atoms with Gasteiger partial charge in [0.05, 0.1) is 17.8 Å². The Hall–Kier alpha value is -3.59. The average molecular weight is 413 g/mol. The molecule has 2 aromatic heterocycles. The molecule has 0 radical (unpaired) electrons. The maximum Gasteiger partial charge on any atom is 0.316 e. The summed E-state index contributed by atoms with van der Waals surface area (Å²) in [6.45, 7) is 2.55. The van der Waals surface area contributed by atoms with Crippen molar-refractivity contribution < 1.29 is 13.7 Å². The molecule has 0 spiro atoms. The lowest BCUT2D eigenvalue weighted by molar-refractivity contribution is 0.0981. The van der Waals surface area contributed by atoms with E-state index in [0.717, 1.165) is 11.6 Å². The standard InChI is InChI=1S/C19H14ClFN6O2/c1-11-2-4-12(5-3-11)9-27-10-16(24-26-27)17-23-19(29-25-17)18(28)22-13-6-7-15(21)14(20)8-13/h2-8,10H,9H2,1H3,(H,22,28). The van der Waals surface area contributed by atoms with Crippen molar-refractivity contribution in [3.63, 3.8) is 0 Å². The summed E-state index contributed by atoms with van der Waals surface area (Å²) in [6, 6.07) is 11.8. The third-order valence-electron chi connectivity index (χ3n) is 4.03. The third kappa shape index (κ3) is 4.30. The molecule has 0 unspecified atom stereocenters.